The molecule has 1 amide bonds. The Hall–Kier alpha value is -2.25. The van der Waals surface area contributed by atoms with E-state index in [1.807, 2.05) is 18.2 Å². The normalized spacial score (nSPS) is 11.2. The minimum Gasteiger partial charge on any atom is -0.348 e. The van der Waals surface area contributed by atoms with Crippen molar-refractivity contribution in [2.24, 2.45) is 0 Å². The fraction of sp³-hybridized carbons (Fsp3) is 0.136. The summed E-state index contributed by atoms with van der Waals surface area (Å²) in [7, 11) is -3.63. The maximum Gasteiger partial charge on any atom is 0.251 e. The van der Waals surface area contributed by atoms with Crippen molar-refractivity contribution in [3.05, 3.63) is 98.5 Å². The van der Waals surface area contributed by atoms with Crippen molar-refractivity contribution >= 4 is 56.4 Å². The molecular weight excluding hydrogens is 479 g/mol. The van der Waals surface area contributed by atoms with E-state index in [1.54, 1.807) is 48.5 Å². The number of nitrogens with zero attached hydrogens (tertiary/aromatic N) is 1. The highest BCUT2D eigenvalue weighted by atomic mass is 35.5. The number of carbonyl (C=O) groups excluding carboxylic acids is 1. The summed E-state index contributed by atoms with van der Waals surface area (Å²) in [4.78, 5) is 12.4. The van der Waals surface area contributed by atoms with Crippen LogP contribution in [0.5, 0.6) is 0 Å². The van der Waals surface area contributed by atoms with Gasteiger partial charge in [-0.2, -0.15) is 0 Å². The van der Waals surface area contributed by atoms with Crippen molar-refractivity contribution < 1.29 is 13.2 Å². The molecule has 0 fully saturated rings. The zero-order valence-corrected chi connectivity index (χ0v) is 19.6. The van der Waals surface area contributed by atoms with Crippen molar-refractivity contribution in [1.82, 2.24) is 5.32 Å². The van der Waals surface area contributed by atoms with Crippen LogP contribution < -0.4 is 9.62 Å². The molecule has 162 valence electrons. The molecule has 0 bridgehead atoms. The first-order valence-electron chi connectivity index (χ1n) is 9.19. The fourth-order valence-electron chi connectivity index (χ4n) is 2.91. The lowest BCUT2D eigenvalue weighted by molar-refractivity contribution is 0.0951. The van der Waals surface area contributed by atoms with E-state index < -0.39 is 10.0 Å². The predicted molar refractivity (Wildman–Crippen MR) is 127 cm³/mol. The van der Waals surface area contributed by atoms with Gasteiger partial charge in [0.05, 0.1) is 28.5 Å². The Morgan fingerprint density at radius 1 is 0.903 bits per heavy atom. The zero-order valence-electron chi connectivity index (χ0n) is 16.5. The van der Waals surface area contributed by atoms with Gasteiger partial charge in [0, 0.05) is 17.1 Å². The monoisotopic (exact) mass is 496 g/mol. The van der Waals surface area contributed by atoms with Gasteiger partial charge < -0.3 is 5.32 Å². The van der Waals surface area contributed by atoms with Crippen molar-refractivity contribution in [3.8, 4) is 0 Å². The Bertz CT molecular complexity index is 1200. The van der Waals surface area contributed by atoms with E-state index in [4.69, 9.17) is 34.8 Å². The first-order chi connectivity index (χ1) is 14.7. The summed E-state index contributed by atoms with van der Waals surface area (Å²) in [6.45, 7) is 0.343. The van der Waals surface area contributed by atoms with Gasteiger partial charge in [0.15, 0.2) is 0 Å². The molecule has 0 unspecified atom stereocenters. The number of benzene rings is 3. The third kappa shape index (κ3) is 5.92. The Morgan fingerprint density at radius 2 is 1.55 bits per heavy atom. The second-order valence-corrected chi connectivity index (χ2v) is 9.91. The average Bonchev–Trinajstić information content (AvgIpc) is 2.73. The maximum absolute atomic E-state index is 12.4. The molecule has 0 saturated carbocycles. The summed E-state index contributed by atoms with van der Waals surface area (Å²) < 4.78 is 25.9. The van der Waals surface area contributed by atoms with Gasteiger partial charge in [-0.3, -0.25) is 9.10 Å². The van der Waals surface area contributed by atoms with Crippen molar-refractivity contribution in [2.75, 3.05) is 10.6 Å². The van der Waals surface area contributed by atoms with Crippen LogP contribution in [-0.4, -0.2) is 20.6 Å². The highest BCUT2D eigenvalue weighted by molar-refractivity contribution is 7.92. The molecule has 0 heterocycles. The lowest BCUT2D eigenvalue weighted by Crippen LogP contribution is -2.29. The maximum atomic E-state index is 12.4. The van der Waals surface area contributed by atoms with E-state index in [0.717, 1.165) is 11.8 Å². The first kappa shape index (κ1) is 23.4. The molecule has 0 spiro atoms. The molecule has 5 nitrogen and oxygen atoms in total. The van der Waals surface area contributed by atoms with Crippen LogP contribution in [0.25, 0.3) is 0 Å². The molecule has 0 radical (unpaired) electrons. The minimum atomic E-state index is -3.63. The summed E-state index contributed by atoms with van der Waals surface area (Å²) in [5.41, 5.74) is 2.24. The van der Waals surface area contributed by atoms with E-state index in [-0.39, 0.29) is 22.5 Å². The lowest BCUT2D eigenvalue weighted by Gasteiger charge is -2.24. The summed E-state index contributed by atoms with van der Waals surface area (Å²) in [6.07, 6.45) is 1.10. The van der Waals surface area contributed by atoms with Crippen molar-refractivity contribution in [2.45, 2.75) is 13.1 Å². The number of hydrogen-bond acceptors (Lipinski definition) is 3. The number of rotatable bonds is 7. The van der Waals surface area contributed by atoms with Gasteiger partial charge in [-0.1, -0.05) is 71.2 Å². The molecule has 3 aromatic carbocycles. The molecule has 1 N–H and O–H groups in total. The molecule has 0 aliphatic carbocycles. The third-order valence-electron chi connectivity index (χ3n) is 4.54. The Morgan fingerprint density at radius 3 is 2.19 bits per heavy atom. The highest BCUT2D eigenvalue weighted by Gasteiger charge is 2.21. The van der Waals surface area contributed by atoms with E-state index in [1.165, 1.54) is 4.31 Å². The number of anilines is 1. The molecule has 9 heteroatoms. The zero-order chi connectivity index (χ0) is 22.6. The SMILES string of the molecule is CS(=O)(=O)N(Cc1ccc(C(=O)NCc2ccccc2Cl)cc1)c1cccc(Cl)c1Cl. The number of hydrogen-bond donors (Lipinski definition) is 1. The summed E-state index contributed by atoms with van der Waals surface area (Å²) in [5, 5.41) is 3.82. The van der Waals surface area contributed by atoms with Crippen LogP contribution >= 0.6 is 34.8 Å². The van der Waals surface area contributed by atoms with Gasteiger partial charge >= 0.3 is 0 Å². The number of carbonyl (C=O) groups is 1. The van der Waals surface area contributed by atoms with Crippen LogP contribution in [-0.2, 0) is 23.1 Å². The molecule has 31 heavy (non-hydrogen) atoms. The van der Waals surface area contributed by atoms with Gasteiger partial charge in [0.25, 0.3) is 5.91 Å². The Balaban J connectivity index is 1.74. The largest absolute Gasteiger partial charge is 0.348 e. The molecule has 3 aromatic rings. The van der Waals surface area contributed by atoms with Crippen LogP contribution in [0.15, 0.2) is 66.7 Å². The molecular formula is C22H19Cl3N2O3S. The number of sulfonamides is 1. The third-order valence-corrected chi connectivity index (χ3v) is 6.84. The quantitative estimate of drug-likeness (QED) is 0.466. The highest BCUT2D eigenvalue weighted by Crippen LogP contribution is 2.34. The van der Waals surface area contributed by atoms with Crippen LogP contribution in [0.2, 0.25) is 15.1 Å². The van der Waals surface area contributed by atoms with Gasteiger partial charge in [-0.05, 0) is 41.5 Å². The molecule has 0 aromatic heterocycles. The standard InChI is InChI=1S/C22H19Cl3N2O3S/c1-31(29,30)27(20-8-4-7-19(24)21(20)25)14-15-9-11-16(12-10-15)22(28)26-13-17-5-2-3-6-18(17)23/h2-12H,13-14H2,1H3,(H,26,28). The van der Waals surface area contributed by atoms with Gasteiger partial charge in [-0.15, -0.1) is 0 Å². The topological polar surface area (TPSA) is 66.5 Å². The number of amides is 1. The van der Waals surface area contributed by atoms with E-state index in [2.05, 4.69) is 5.32 Å². The molecule has 0 atom stereocenters. The second kappa shape index (κ2) is 9.92. The smallest absolute Gasteiger partial charge is 0.251 e. The van der Waals surface area contributed by atoms with E-state index in [9.17, 15) is 13.2 Å². The Kier molecular flexibility index (Phi) is 7.49. The van der Waals surface area contributed by atoms with Gasteiger partial charge in [0.1, 0.15) is 0 Å². The predicted octanol–water partition coefficient (Wildman–Crippen LogP) is 5.54. The molecule has 0 saturated heterocycles. The summed E-state index contributed by atoms with van der Waals surface area (Å²) in [5.74, 6) is -0.260. The minimum absolute atomic E-state index is 0.0421. The van der Waals surface area contributed by atoms with Crippen LogP contribution in [0, 0.1) is 0 Å². The van der Waals surface area contributed by atoms with Crippen molar-refractivity contribution in [3.63, 3.8) is 0 Å². The first-order valence-corrected chi connectivity index (χ1v) is 12.2. The summed E-state index contributed by atoms with van der Waals surface area (Å²) >= 11 is 18.4. The van der Waals surface area contributed by atoms with E-state index >= 15 is 0 Å². The van der Waals surface area contributed by atoms with Gasteiger partial charge in [-0.25, -0.2) is 8.42 Å². The van der Waals surface area contributed by atoms with Crippen molar-refractivity contribution in [1.29, 1.82) is 0 Å². The summed E-state index contributed by atoms with van der Waals surface area (Å²) in [6, 6.07) is 18.7. The molecule has 0 aliphatic rings. The molecule has 0 aliphatic heterocycles. The van der Waals surface area contributed by atoms with Gasteiger partial charge in [0.2, 0.25) is 10.0 Å². The van der Waals surface area contributed by atoms with Crippen LogP contribution in [0.1, 0.15) is 21.5 Å². The molecule has 3 rings (SSSR count). The van der Waals surface area contributed by atoms with E-state index in [0.29, 0.717) is 28.4 Å². The van der Waals surface area contributed by atoms with Crippen LogP contribution in [0.3, 0.4) is 0 Å². The Labute approximate surface area is 196 Å². The average molecular weight is 498 g/mol. The number of nitrogens with one attached hydrogen (secondary N) is 1. The van der Waals surface area contributed by atoms with Crippen LogP contribution in [0.4, 0.5) is 5.69 Å². The fourth-order valence-corrected chi connectivity index (χ4v) is 4.46. The number of halogens is 3. The lowest BCUT2D eigenvalue weighted by atomic mass is 10.1. The second-order valence-electron chi connectivity index (χ2n) is 6.81.